The van der Waals surface area contributed by atoms with Gasteiger partial charge in [-0.2, -0.15) is 0 Å². The number of hydrogen-bond donors (Lipinski definition) is 1. The van der Waals surface area contributed by atoms with Crippen LogP contribution in [0.4, 0.5) is 4.39 Å². The van der Waals surface area contributed by atoms with Gasteiger partial charge in [0, 0.05) is 16.7 Å². The molecule has 2 heteroatoms. The van der Waals surface area contributed by atoms with Crippen LogP contribution in [0, 0.1) is 12.7 Å². The molecule has 0 fully saturated rings. The van der Waals surface area contributed by atoms with Crippen LogP contribution >= 0.6 is 0 Å². The largest absolute Gasteiger partial charge is 0.507 e. The Morgan fingerprint density at radius 1 is 0.630 bits per heavy atom. The van der Waals surface area contributed by atoms with E-state index < -0.39 is 0 Å². The van der Waals surface area contributed by atoms with Crippen molar-refractivity contribution in [2.75, 3.05) is 0 Å². The fourth-order valence-corrected chi connectivity index (χ4v) is 3.45. The Morgan fingerprint density at radius 3 is 2.04 bits per heavy atom. The van der Waals surface area contributed by atoms with Crippen molar-refractivity contribution in [1.82, 2.24) is 0 Å². The van der Waals surface area contributed by atoms with Crippen molar-refractivity contribution in [3.05, 3.63) is 102 Å². The van der Waals surface area contributed by atoms with Gasteiger partial charge >= 0.3 is 0 Å². The minimum atomic E-state index is -0.333. The molecule has 0 aliphatic heterocycles. The molecule has 0 radical (unpaired) electrons. The number of para-hydroxylation sites is 1. The minimum absolute atomic E-state index is 0.0934. The molecule has 0 amide bonds. The van der Waals surface area contributed by atoms with Crippen molar-refractivity contribution in [3.8, 4) is 39.1 Å². The van der Waals surface area contributed by atoms with Crippen LogP contribution in [0.5, 0.6) is 5.75 Å². The Balaban J connectivity index is 1.85. The lowest BCUT2D eigenvalue weighted by atomic mass is 9.93. The standard InChI is InChI=1S/C25H19FO/c1-17-8-5-15-23(26)24(17)22-14-7-13-21(25(22)27)20-12-6-11-19(16-20)18-9-3-2-4-10-18/h2-16,27H,1H3. The first-order valence-electron chi connectivity index (χ1n) is 8.88. The van der Waals surface area contributed by atoms with E-state index in [2.05, 4.69) is 12.1 Å². The first kappa shape index (κ1) is 17.0. The molecule has 0 aliphatic rings. The first-order chi connectivity index (χ1) is 13.1. The Kier molecular flexibility index (Phi) is 4.47. The van der Waals surface area contributed by atoms with Crippen molar-refractivity contribution in [2.45, 2.75) is 6.92 Å². The van der Waals surface area contributed by atoms with E-state index in [1.807, 2.05) is 67.6 Å². The molecule has 0 spiro atoms. The molecule has 1 N–H and O–H groups in total. The summed E-state index contributed by atoms with van der Waals surface area (Å²) < 4.78 is 14.4. The van der Waals surface area contributed by atoms with Crippen LogP contribution in [0.3, 0.4) is 0 Å². The smallest absolute Gasteiger partial charge is 0.131 e. The molecule has 0 unspecified atom stereocenters. The van der Waals surface area contributed by atoms with E-state index in [4.69, 9.17) is 0 Å². The van der Waals surface area contributed by atoms with Crippen molar-refractivity contribution < 1.29 is 9.50 Å². The van der Waals surface area contributed by atoms with Crippen molar-refractivity contribution in [1.29, 1.82) is 0 Å². The lowest BCUT2D eigenvalue weighted by molar-refractivity contribution is 0.478. The molecule has 27 heavy (non-hydrogen) atoms. The van der Waals surface area contributed by atoms with E-state index in [0.29, 0.717) is 16.7 Å². The predicted molar refractivity (Wildman–Crippen MR) is 109 cm³/mol. The highest BCUT2D eigenvalue weighted by Crippen LogP contribution is 2.40. The number of aryl methyl sites for hydroxylation is 1. The van der Waals surface area contributed by atoms with Crippen molar-refractivity contribution in [3.63, 3.8) is 0 Å². The van der Waals surface area contributed by atoms with Crippen LogP contribution in [0.1, 0.15) is 5.56 Å². The Labute approximate surface area is 158 Å². The molecule has 0 saturated carbocycles. The van der Waals surface area contributed by atoms with Crippen LogP contribution in [0.25, 0.3) is 33.4 Å². The summed E-state index contributed by atoms with van der Waals surface area (Å²) in [5.41, 5.74) is 5.50. The van der Waals surface area contributed by atoms with Crippen LogP contribution < -0.4 is 0 Å². The molecule has 4 aromatic rings. The van der Waals surface area contributed by atoms with Crippen molar-refractivity contribution in [2.24, 2.45) is 0 Å². The Morgan fingerprint density at radius 2 is 1.26 bits per heavy atom. The second-order valence-electron chi connectivity index (χ2n) is 6.58. The van der Waals surface area contributed by atoms with E-state index in [1.54, 1.807) is 12.1 Å². The molecular formula is C25H19FO. The molecule has 4 aromatic carbocycles. The van der Waals surface area contributed by atoms with Gasteiger partial charge in [0.25, 0.3) is 0 Å². The lowest BCUT2D eigenvalue weighted by Crippen LogP contribution is -1.91. The highest BCUT2D eigenvalue weighted by atomic mass is 19.1. The van der Waals surface area contributed by atoms with Gasteiger partial charge in [-0.25, -0.2) is 4.39 Å². The molecule has 0 atom stereocenters. The van der Waals surface area contributed by atoms with Crippen LogP contribution in [0.2, 0.25) is 0 Å². The Hall–Kier alpha value is -3.39. The zero-order valence-corrected chi connectivity index (χ0v) is 15.0. The minimum Gasteiger partial charge on any atom is -0.507 e. The van der Waals surface area contributed by atoms with E-state index >= 15 is 0 Å². The normalized spacial score (nSPS) is 10.7. The zero-order valence-electron chi connectivity index (χ0n) is 15.0. The highest BCUT2D eigenvalue weighted by molar-refractivity contribution is 5.84. The van der Waals surface area contributed by atoms with Gasteiger partial charge in [0.1, 0.15) is 11.6 Å². The number of halogens is 1. The number of aromatic hydroxyl groups is 1. The third-order valence-corrected chi connectivity index (χ3v) is 4.81. The highest BCUT2D eigenvalue weighted by Gasteiger charge is 2.16. The summed E-state index contributed by atoms with van der Waals surface area (Å²) in [4.78, 5) is 0. The van der Waals surface area contributed by atoms with Gasteiger partial charge in [0.15, 0.2) is 0 Å². The predicted octanol–water partition coefficient (Wildman–Crippen LogP) is 6.84. The average Bonchev–Trinajstić information content (AvgIpc) is 2.70. The maximum Gasteiger partial charge on any atom is 0.131 e. The third-order valence-electron chi connectivity index (χ3n) is 4.81. The van der Waals surface area contributed by atoms with E-state index in [1.165, 1.54) is 6.07 Å². The fourth-order valence-electron chi connectivity index (χ4n) is 3.45. The van der Waals surface area contributed by atoms with Crippen LogP contribution in [-0.2, 0) is 0 Å². The molecule has 4 rings (SSSR count). The summed E-state index contributed by atoms with van der Waals surface area (Å²) >= 11 is 0. The summed E-state index contributed by atoms with van der Waals surface area (Å²) in [5.74, 6) is -0.239. The monoisotopic (exact) mass is 354 g/mol. The van der Waals surface area contributed by atoms with Crippen LogP contribution in [0.15, 0.2) is 91.0 Å². The molecule has 0 aromatic heterocycles. The van der Waals surface area contributed by atoms with Gasteiger partial charge in [-0.1, -0.05) is 78.9 Å². The summed E-state index contributed by atoms with van der Waals surface area (Å²) in [7, 11) is 0. The molecule has 0 saturated heterocycles. The SMILES string of the molecule is Cc1cccc(F)c1-c1cccc(-c2cccc(-c3ccccc3)c2)c1O. The van der Waals surface area contributed by atoms with Gasteiger partial charge in [-0.05, 0) is 41.3 Å². The summed E-state index contributed by atoms with van der Waals surface area (Å²) in [6, 6.07) is 28.5. The number of phenols is 1. The maximum absolute atomic E-state index is 14.4. The van der Waals surface area contributed by atoms with E-state index in [9.17, 15) is 9.50 Å². The first-order valence-corrected chi connectivity index (χ1v) is 8.88. The quantitative estimate of drug-likeness (QED) is 0.427. The van der Waals surface area contributed by atoms with Gasteiger partial charge in [-0.15, -0.1) is 0 Å². The van der Waals surface area contributed by atoms with Crippen molar-refractivity contribution >= 4 is 0 Å². The third kappa shape index (κ3) is 3.22. The maximum atomic E-state index is 14.4. The molecule has 1 nitrogen and oxygen atoms in total. The summed E-state index contributed by atoms with van der Waals surface area (Å²) in [6.45, 7) is 1.85. The van der Waals surface area contributed by atoms with Gasteiger partial charge < -0.3 is 5.11 Å². The number of rotatable bonds is 3. The second-order valence-corrected chi connectivity index (χ2v) is 6.58. The molecule has 0 heterocycles. The van der Waals surface area contributed by atoms with E-state index in [-0.39, 0.29) is 11.6 Å². The number of hydrogen-bond acceptors (Lipinski definition) is 1. The Bertz CT molecular complexity index is 1080. The molecule has 0 bridgehead atoms. The average molecular weight is 354 g/mol. The summed E-state index contributed by atoms with van der Waals surface area (Å²) in [5, 5.41) is 10.9. The topological polar surface area (TPSA) is 20.2 Å². The zero-order chi connectivity index (χ0) is 18.8. The van der Waals surface area contributed by atoms with Crippen LogP contribution in [-0.4, -0.2) is 5.11 Å². The fraction of sp³-hybridized carbons (Fsp3) is 0.0400. The van der Waals surface area contributed by atoms with Gasteiger partial charge in [-0.3, -0.25) is 0 Å². The molecular weight excluding hydrogens is 335 g/mol. The number of phenolic OH excluding ortho intramolecular Hbond substituents is 1. The molecule has 0 aliphatic carbocycles. The van der Waals surface area contributed by atoms with Gasteiger partial charge in [0.2, 0.25) is 0 Å². The van der Waals surface area contributed by atoms with Gasteiger partial charge in [0.05, 0.1) is 0 Å². The lowest BCUT2D eigenvalue weighted by Gasteiger charge is -2.14. The van der Waals surface area contributed by atoms with E-state index in [0.717, 1.165) is 22.3 Å². The summed E-state index contributed by atoms with van der Waals surface area (Å²) in [6.07, 6.45) is 0. The molecule has 132 valence electrons. The number of benzene rings is 4. The second kappa shape index (κ2) is 7.08.